The third-order valence-electron chi connectivity index (χ3n) is 1.41. The van der Waals surface area contributed by atoms with Crippen LogP contribution in [0.2, 0.25) is 0 Å². The minimum atomic E-state index is -0.435. The van der Waals surface area contributed by atoms with Crippen LogP contribution in [-0.4, -0.2) is 0 Å². The molecule has 0 heterocycles. The Bertz CT molecular complexity index is 271. The monoisotopic (exact) mass is 149 g/mol. The van der Waals surface area contributed by atoms with Gasteiger partial charge in [-0.3, -0.25) is 0 Å². The maximum atomic E-state index is 12.4. The summed E-state index contributed by atoms with van der Waals surface area (Å²) in [5.74, 6) is 2.08. The van der Waals surface area contributed by atoms with Gasteiger partial charge >= 0.3 is 0 Å². The van der Waals surface area contributed by atoms with E-state index in [4.69, 9.17) is 12.2 Å². The lowest BCUT2D eigenvalue weighted by Crippen LogP contribution is -2.06. The minimum absolute atomic E-state index is 0.280. The molecule has 0 bridgehead atoms. The molecule has 0 spiro atoms. The molecule has 1 aromatic carbocycles. The van der Waals surface area contributed by atoms with E-state index in [-0.39, 0.29) is 5.82 Å². The summed E-state index contributed by atoms with van der Waals surface area (Å²) in [6.07, 6.45) is 5.07. The van der Waals surface area contributed by atoms with Gasteiger partial charge in [0.2, 0.25) is 0 Å². The summed E-state index contributed by atoms with van der Waals surface area (Å²) in [4.78, 5) is 0. The van der Waals surface area contributed by atoms with Crippen molar-refractivity contribution in [3.05, 3.63) is 35.6 Å². The van der Waals surface area contributed by atoms with E-state index < -0.39 is 6.04 Å². The average Bonchev–Trinajstić information content (AvgIpc) is 2.05. The summed E-state index contributed by atoms with van der Waals surface area (Å²) in [6, 6.07) is 5.41. The van der Waals surface area contributed by atoms with Gasteiger partial charge in [0.25, 0.3) is 0 Å². The first-order valence-corrected chi connectivity index (χ1v) is 3.21. The zero-order chi connectivity index (χ0) is 8.27. The summed E-state index contributed by atoms with van der Waals surface area (Å²) in [7, 11) is 0. The number of halogens is 1. The Morgan fingerprint density at radius 2 is 1.91 bits per heavy atom. The van der Waals surface area contributed by atoms with Crippen molar-refractivity contribution in [2.45, 2.75) is 6.04 Å². The van der Waals surface area contributed by atoms with E-state index in [1.165, 1.54) is 12.1 Å². The number of hydrogen-bond acceptors (Lipinski definition) is 1. The van der Waals surface area contributed by atoms with E-state index in [0.717, 1.165) is 5.56 Å². The van der Waals surface area contributed by atoms with Gasteiger partial charge in [-0.05, 0) is 17.7 Å². The first-order valence-electron chi connectivity index (χ1n) is 3.21. The van der Waals surface area contributed by atoms with E-state index in [0.29, 0.717) is 0 Å². The molecule has 2 heteroatoms. The lowest BCUT2D eigenvalue weighted by Gasteiger charge is -2.02. The summed E-state index contributed by atoms with van der Waals surface area (Å²) >= 11 is 0. The molecule has 56 valence electrons. The number of benzene rings is 1. The molecule has 1 atom stereocenters. The molecule has 0 radical (unpaired) electrons. The van der Waals surface area contributed by atoms with Gasteiger partial charge in [-0.1, -0.05) is 18.1 Å². The fourth-order valence-electron chi connectivity index (χ4n) is 0.766. The molecule has 0 aromatic heterocycles. The van der Waals surface area contributed by atoms with Gasteiger partial charge < -0.3 is 5.73 Å². The summed E-state index contributed by atoms with van der Waals surface area (Å²) in [6.45, 7) is 0. The van der Waals surface area contributed by atoms with Crippen LogP contribution in [0.3, 0.4) is 0 Å². The molecular weight excluding hydrogens is 141 g/mol. The number of nitrogens with two attached hydrogens (primary N) is 1. The van der Waals surface area contributed by atoms with Crippen LogP contribution in [0.15, 0.2) is 24.3 Å². The van der Waals surface area contributed by atoms with Crippen LogP contribution in [0.25, 0.3) is 0 Å². The molecule has 0 amide bonds. The maximum Gasteiger partial charge on any atom is 0.123 e. The van der Waals surface area contributed by atoms with Crippen LogP contribution in [0.1, 0.15) is 11.6 Å². The highest BCUT2D eigenvalue weighted by atomic mass is 19.1. The molecule has 2 N–H and O–H groups in total. The molecule has 1 rings (SSSR count). The first kappa shape index (κ1) is 7.77. The van der Waals surface area contributed by atoms with Gasteiger partial charge in [-0.25, -0.2) is 4.39 Å². The molecule has 0 aliphatic rings. The topological polar surface area (TPSA) is 26.0 Å². The van der Waals surface area contributed by atoms with Crippen molar-refractivity contribution in [3.63, 3.8) is 0 Å². The van der Waals surface area contributed by atoms with Gasteiger partial charge in [-0.2, -0.15) is 0 Å². The Labute approximate surface area is 65.0 Å². The Balaban J connectivity index is 2.92. The van der Waals surface area contributed by atoms with E-state index >= 15 is 0 Å². The minimum Gasteiger partial charge on any atom is -0.314 e. The van der Waals surface area contributed by atoms with Gasteiger partial charge in [0.05, 0.1) is 6.04 Å². The fourth-order valence-corrected chi connectivity index (χ4v) is 0.766. The number of terminal acetylenes is 1. The number of rotatable bonds is 1. The van der Waals surface area contributed by atoms with E-state index in [1.807, 2.05) is 0 Å². The van der Waals surface area contributed by atoms with Crippen molar-refractivity contribution in [2.75, 3.05) is 0 Å². The molecule has 1 aromatic rings. The Kier molecular flexibility index (Phi) is 2.25. The molecule has 0 aliphatic carbocycles. The molecule has 0 saturated heterocycles. The Morgan fingerprint density at radius 1 is 1.36 bits per heavy atom. The van der Waals surface area contributed by atoms with Crippen molar-refractivity contribution in [3.8, 4) is 12.3 Å². The maximum absolute atomic E-state index is 12.4. The smallest absolute Gasteiger partial charge is 0.123 e. The van der Waals surface area contributed by atoms with Gasteiger partial charge in [0.15, 0.2) is 0 Å². The Morgan fingerprint density at radius 3 is 2.36 bits per heavy atom. The summed E-state index contributed by atoms with van der Waals surface area (Å²) < 4.78 is 12.4. The Hall–Kier alpha value is -1.33. The molecule has 0 aliphatic heterocycles. The largest absolute Gasteiger partial charge is 0.314 e. The molecule has 11 heavy (non-hydrogen) atoms. The summed E-state index contributed by atoms with van der Waals surface area (Å²) in [5.41, 5.74) is 6.24. The van der Waals surface area contributed by atoms with Crippen LogP contribution in [0, 0.1) is 18.2 Å². The van der Waals surface area contributed by atoms with Crippen molar-refractivity contribution in [1.29, 1.82) is 0 Å². The highest BCUT2D eigenvalue weighted by Gasteiger charge is 1.99. The predicted octanol–water partition coefficient (Wildman–Crippen LogP) is 1.46. The summed E-state index contributed by atoms with van der Waals surface area (Å²) in [5, 5.41) is 0. The van der Waals surface area contributed by atoms with Gasteiger partial charge in [0, 0.05) is 0 Å². The fraction of sp³-hybridized carbons (Fsp3) is 0.111. The van der Waals surface area contributed by atoms with Crippen LogP contribution < -0.4 is 5.73 Å². The standard InChI is InChI=1S/C9H8FN/c1-2-9(11)7-3-5-8(10)6-4-7/h1,3-6,9H,11H2/t9-/m1/s1. The van der Waals surface area contributed by atoms with Gasteiger partial charge in [0.1, 0.15) is 5.82 Å². The lowest BCUT2D eigenvalue weighted by molar-refractivity contribution is 0.626. The van der Waals surface area contributed by atoms with Crippen LogP contribution in [0.4, 0.5) is 4.39 Å². The number of hydrogen-bond donors (Lipinski definition) is 1. The normalized spacial score (nSPS) is 12.1. The highest BCUT2D eigenvalue weighted by molar-refractivity contribution is 5.25. The zero-order valence-corrected chi connectivity index (χ0v) is 5.92. The van der Waals surface area contributed by atoms with Crippen molar-refractivity contribution < 1.29 is 4.39 Å². The quantitative estimate of drug-likeness (QED) is 0.601. The zero-order valence-electron chi connectivity index (χ0n) is 5.92. The van der Waals surface area contributed by atoms with Crippen LogP contribution in [-0.2, 0) is 0 Å². The first-order chi connectivity index (χ1) is 5.24. The highest BCUT2D eigenvalue weighted by Crippen LogP contribution is 2.09. The van der Waals surface area contributed by atoms with Crippen molar-refractivity contribution >= 4 is 0 Å². The van der Waals surface area contributed by atoms with E-state index in [9.17, 15) is 4.39 Å². The molecule has 0 fully saturated rings. The predicted molar refractivity (Wildman–Crippen MR) is 42.2 cm³/mol. The molecule has 0 saturated carbocycles. The molecule has 0 unspecified atom stereocenters. The van der Waals surface area contributed by atoms with E-state index in [1.54, 1.807) is 12.1 Å². The average molecular weight is 149 g/mol. The second-order valence-corrected chi connectivity index (χ2v) is 2.20. The molecular formula is C9H8FN. The van der Waals surface area contributed by atoms with Crippen molar-refractivity contribution in [2.24, 2.45) is 5.73 Å². The second-order valence-electron chi connectivity index (χ2n) is 2.20. The van der Waals surface area contributed by atoms with Crippen LogP contribution >= 0.6 is 0 Å². The second kappa shape index (κ2) is 3.18. The third kappa shape index (κ3) is 1.79. The SMILES string of the molecule is C#C[C@@H](N)c1ccc(F)cc1. The van der Waals surface area contributed by atoms with Crippen LogP contribution in [0.5, 0.6) is 0 Å². The van der Waals surface area contributed by atoms with Crippen molar-refractivity contribution in [1.82, 2.24) is 0 Å². The van der Waals surface area contributed by atoms with Gasteiger partial charge in [-0.15, -0.1) is 6.42 Å². The third-order valence-corrected chi connectivity index (χ3v) is 1.41. The van der Waals surface area contributed by atoms with E-state index in [2.05, 4.69) is 5.92 Å². The lowest BCUT2D eigenvalue weighted by atomic mass is 10.1. The molecule has 1 nitrogen and oxygen atoms in total.